The minimum atomic E-state index is 0.293. The monoisotopic (exact) mass is 165 g/mol. The molecule has 0 saturated carbocycles. The molecule has 12 heavy (non-hydrogen) atoms. The summed E-state index contributed by atoms with van der Waals surface area (Å²) >= 11 is 0. The van der Waals surface area contributed by atoms with E-state index < -0.39 is 0 Å². The highest BCUT2D eigenvalue weighted by Gasteiger charge is 1.95. The van der Waals surface area contributed by atoms with Crippen LogP contribution in [-0.4, -0.2) is 10.8 Å². The van der Waals surface area contributed by atoms with Gasteiger partial charge in [-0.1, -0.05) is 0 Å². The van der Waals surface area contributed by atoms with Crippen molar-refractivity contribution in [2.75, 3.05) is 0 Å². The zero-order valence-corrected chi connectivity index (χ0v) is 7.47. The lowest BCUT2D eigenvalue weighted by molar-refractivity contribution is -0.117. The van der Waals surface area contributed by atoms with E-state index in [1.165, 1.54) is 5.69 Å². The summed E-state index contributed by atoms with van der Waals surface area (Å²) in [5.74, 6) is 0.293. The summed E-state index contributed by atoms with van der Waals surface area (Å²) in [6, 6.07) is 4.08. The lowest BCUT2D eigenvalue weighted by Crippen LogP contribution is -1.91. The van der Waals surface area contributed by atoms with Crippen LogP contribution in [0.2, 0.25) is 0 Å². The molecule has 2 nitrogen and oxygen atoms in total. The van der Waals surface area contributed by atoms with E-state index in [9.17, 15) is 4.79 Å². The van der Waals surface area contributed by atoms with Gasteiger partial charge in [-0.2, -0.15) is 0 Å². The van der Waals surface area contributed by atoms with E-state index in [4.69, 9.17) is 0 Å². The first-order chi connectivity index (χ1) is 5.79. The van der Waals surface area contributed by atoms with Crippen molar-refractivity contribution in [3.8, 4) is 0 Å². The lowest BCUT2D eigenvalue weighted by Gasteiger charge is -1.96. The highest BCUT2D eigenvalue weighted by Crippen LogP contribution is 2.03. The summed E-state index contributed by atoms with van der Waals surface area (Å²) < 4.78 is 0. The zero-order chi connectivity index (χ0) is 8.81. The predicted molar refractivity (Wildman–Crippen MR) is 49.0 cm³/mol. The molecule has 0 saturated heterocycles. The minimum Gasteiger partial charge on any atom is -0.365 e. The molecule has 0 bridgehead atoms. The number of aromatic nitrogens is 1. The van der Waals surface area contributed by atoms with E-state index in [0.717, 1.165) is 25.7 Å². The quantitative estimate of drug-likeness (QED) is 0.667. The number of carbonyl (C=O) groups excluding carboxylic acids is 1. The molecule has 66 valence electrons. The zero-order valence-electron chi connectivity index (χ0n) is 7.47. The Balaban J connectivity index is 2.07. The number of hydrogen-bond donors (Lipinski definition) is 1. The van der Waals surface area contributed by atoms with Gasteiger partial charge in [0.25, 0.3) is 0 Å². The Morgan fingerprint density at radius 3 is 2.92 bits per heavy atom. The molecule has 0 aliphatic heterocycles. The number of carbonyl (C=O) groups is 1. The molecule has 0 unspecified atom stereocenters. The molecule has 1 aromatic heterocycles. The number of unbranched alkanes of at least 4 members (excludes halogenated alkanes) is 1. The minimum absolute atomic E-state index is 0.293. The number of nitrogens with one attached hydrogen (secondary N) is 1. The van der Waals surface area contributed by atoms with Gasteiger partial charge in [0.1, 0.15) is 5.78 Å². The summed E-state index contributed by atoms with van der Waals surface area (Å²) in [5, 5.41) is 0. The van der Waals surface area contributed by atoms with Gasteiger partial charge in [0.05, 0.1) is 0 Å². The van der Waals surface area contributed by atoms with Gasteiger partial charge in [-0.25, -0.2) is 0 Å². The van der Waals surface area contributed by atoms with Crippen molar-refractivity contribution in [1.82, 2.24) is 4.98 Å². The maximum absolute atomic E-state index is 10.6. The highest BCUT2D eigenvalue weighted by atomic mass is 16.1. The van der Waals surface area contributed by atoms with Crippen molar-refractivity contribution < 1.29 is 4.79 Å². The molecule has 0 aliphatic rings. The van der Waals surface area contributed by atoms with Crippen LogP contribution in [0.15, 0.2) is 18.3 Å². The van der Waals surface area contributed by atoms with E-state index >= 15 is 0 Å². The molecular weight excluding hydrogens is 150 g/mol. The van der Waals surface area contributed by atoms with Crippen molar-refractivity contribution in [2.24, 2.45) is 0 Å². The fourth-order valence-corrected chi connectivity index (χ4v) is 1.21. The SMILES string of the molecule is CC(=O)CCCCc1ccc[nH]1. The lowest BCUT2D eigenvalue weighted by atomic mass is 10.1. The van der Waals surface area contributed by atoms with Gasteiger partial charge in [0.2, 0.25) is 0 Å². The fraction of sp³-hybridized carbons (Fsp3) is 0.500. The number of rotatable bonds is 5. The number of hydrogen-bond acceptors (Lipinski definition) is 1. The number of aromatic amines is 1. The van der Waals surface area contributed by atoms with Crippen LogP contribution >= 0.6 is 0 Å². The summed E-state index contributed by atoms with van der Waals surface area (Å²) in [4.78, 5) is 13.7. The van der Waals surface area contributed by atoms with E-state index in [0.29, 0.717) is 5.78 Å². The van der Waals surface area contributed by atoms with Crippen LogP contribution in [0.25, 0.3) is 0 Å². The molecule has 0 aliphatic carbocycles. The van der Waals surface area contributed by atoms with Crippen molar-refractivity contribution in [3.05, 3.63) is 24.0 Å². The molecule has 1 aromatic rings. The van der Waals surface area contributed by atoms with Crippen LogP contribution in [0.1, 0.15) is 31.9 Å². The van der Waals surface area contributed by atoms with Crippen LogP contribution in [0.5, 0.6) is 0 Å². The smallest absolute Gasteiger partial charge is 0.129 e. The Hall–Kier alpha value is -1.05. The number of ketones is 1. The van der Waals surface area contributed by atoms with Gasteiger partial charge in [-0.15, -0.1) is 0 Å². The van der Waals surface area contributed by atoms with E-state index in [1.54, 1.807) is 6.92 Å². The molecule has 1 N–H and O–H groups in total. The molecule has 0 fully saturated rings. The maximum atomic E-state index is 10.6. The Morgan fingerprint density at radius 1 is 1.50 bits per heavy atom. The summed E-state index contributed by atoms with van der Waals surface area (Å²) in [7, 11) is 0. The van der Waals surface area contributed by atoms with Gasteiger partial charge in [0.15, 0.2) is 0 Å². The normalized spacial score (nSPS) is 10.1. The van der Waals surface area contributed by atoms with Gasteiger partial charge < -0.3 is 9.78 Å². The Bertz CT molecular complexity index is 226. The fourth-order valence-electron chi connectivity index (χ4n) is 1.21. The third-order valence-corrected chi connectivity index (χ3v) is 1.89. The van der Waals surface area contributed by atoms with Gasteiger partial charge in [-0.3, -0.25) is 0 Å². The molecule has 0 radical (unpaired) electrons. The third kappa shape index (κ3) is 3.37. The molecule has 1 heterocycles. The topological polar surface area (TPSA) is 32.9 Å². The third-order valence-electron chi connectivity index (χ3n) is 1.89. The van der Waals surface area contributed by atoms with E-state index in [1.807, 2.05) is 12.3 Å². The van der Waals surface area contributed by atoms with Crippen molar-refractivity contribution in [1.29, 1.82) is 0 Å². The molecule has 0 aromatic carbocycles. The summed E-state index contributed by atoms with van der Waals surface area (Å²) in [5.41, 5.74) is 1.26. The maximum Gasteiger partial charge on any atom is 0.129 e. The standard InChI is InChI=1S/C10H15NO/c1-9(12)5-2-3-6-10-7-4-8-11-10/h4,7-8,11H,2-3,5-6H2,1H3. The van der Waals surface area contributed by atoms with Gasteiger partial charge in [0, 0.05) is 18.3 Å². The highest BCUT2D eigenvalue weighted by molar-refractivity contribution is 5.75. The van der Waals surface area contributed by atoms with E-state index in [2.05, 4.69) is 11.1 Å². The van der Waals surface area contributed by atoms with Crippen molar-refractivity contribution >= 4 is 5.78 Å². The second-order valence-electron chi connectivity index (χ2n) is 3.10. The molecular formula is C10H15NO. The summed E-state index contributed by atoms with van der Waals surface area (Å²) in [6.45, 7) is 1.65. The van der Waals surface area contributed by atoms with Crippen LogP contribution in [0.3, 0.4) is 0 Å². The first-order valence-electron chi connectivity index (χ1n) is 4.41. The average molecular weight is 165 g/mol. The number of Topliss-reactive ketones (excluding diaryl/α,β-unsaturated/α-hetero) is 1. The Labute approximate surface area is 73.0 Å². The molecule has 1 rings (SSSR count). The summed E-state index contributed by atoms with van der Waals surface area (Å²) in [6.07, 6.45) is 5.82. The van der Waals surface area contributed by atoms with Gasteiger partial charge >= 0.3 is 0 Å². The van der Waals surface area contributed by atoms with E-state index in [-0.39, 0.29) is 0 Å². The Kier molecular flexibility index (Phi) is 3.58. The second kappa shape index (κ2) is 4.75. The van der Waals surface area contributed by atoms with Crippen LogP contribution in [0.4, 0.5) is 0 Å². The molecule has 2 heteroatoms. The molecule has 0 spiro atoms. The first-order valence-corrected chi connectivity index (χ1v) is 4.41. The predicted octanol–water partition coefficient (Wildman–Crippen LogP) is 2.32. The van der Waals surface area contributed by atoms with Crippen LogP contribution < -0.4 is 0 Å². The Morgan fingerprint density at radius 2 is 2.33 bits per heavy atom. The first kappa shape index (κ1) is 9.04. The van der Waals surface area contributed by atoms with Crippen molar-refractivity contribution in [3.63, 3.8) is 0 Å². The number of aryl methyl sites for hydroxylation is 1. The van der Waals surface area contributed by atoms with Gasteiger partial charge in [-0.05, 0) is 38.3 Å². The second-order valence-corrected chi connectivity index (χ2v) is 3.10. The van der Waals surface area contributed by atoms with Crippen molar-refractivity contribution in [2.45, 2.75) is 32.6 Å². The largest absolute Gasteiger partial charge is 0.365 e. The number of H-pyrrole nitrogens is 1. The molecule has 0 atom stereocenters. The average Bonchev–Trinajstić information content (AvgIpc) is 2.49. The molecule has 0 amide bonds. The van der Waals surface area contributed by atoms with Crippen LogP contribution in [0, 0.1) is 0 Å². The van der Waals surface area contributed by atoms with Crippen LogP contribution in [-0.2, 0) is 11.2 Å².